The summed E-state index contributed by atoms with van der Waals surface area (Å²) < 4.78 is 13.1. The van der Waals surface area contributed by atoms with E-state index >= 15 is 0 Å². The molecule has 0 atom stereocenters. The Hall–Kier alpha value is -2.70. The molecule has 27 heavy (non-hydrogen) atoms. The highest BCUT2D eigenvalue weighted by Crippen LogP contribution is 2.20. The number of carbonyl (C=O) groups is 1. The van der Waals surface area contributed by atoms with Crippen LogP contribution in [0.2, 0.25) is 0 Å². The number of piperidine rings is 1. The molecule has 2 fully saturated rings. The third kappa shape index (κ3) is 4.02. The molecule has 2 aliphatic heterocycles. The average molecular weight is 369 g/mol. The van der Waals surface area contributed by atoms with Crippen LogP contribution in [0.3, 0.4) is 0 Å². The molecule has 0 unspecified atom stereocenters. The molecular weight excluding hydrogens is 345 g/mol. The van der Waals surface area contributed by atoms with Gasteiger partial charge in [0.2, 0.25) is 0 Å². The van der Waals surface area contributed by atoms with Gasteiger partial charge in [0.15, 0.2) is 11.5 Å². The highest BCUT2D eigenvalue weighted by atomic mass is 19.1. The molecule has 0 N–H and O–H groups in total. The quantitative estimate of drug-likeness (QED) is 0.832. The first-order valence-electron chi connectivity index (χ1n) is 9.59. The largest absolute Gasteiger partial charge is 0.368 e. The van der Waals surface area contributed by atoms with E-state index < -0.39 is 0 Å². The second-order valence-electron chi connectivity index (χ2n) is 7.08. The monoisotopic (exact) mass is 369 g/mol. The van der Waals surface area contributed by atoms with Gasteiger partial charge < -0.3 is 14.7 Å². The van der Waals surface area contributed by atoms with E-state index in [9.17, 15) is 9.18 Å². The molecule has 2 aliphatic rings. The third-order valence-electron chi connectivity index (χ3n) is 5.31. The molecule has 0 bridgehead atoms. The van der Waals surface area contributed by atoms with Crippen LogP contribution in [0.1, 0.15) is 29.8 Å². The second kappa shape index (κ2) is 7.90. The topological polar surface area (TPSA) is 52.6 Å². The number of hydrogen-bond donors (Lipinski definition) is 0. The molecule has 2 saturated heterocycles. The van der Waals surface area contributed by atoms with Gasteiger partial charge in [0.1, 0.15) is 5.82 Å². The zero-order valence-electron chi connectivity index (χ0n) is 15.4. The number of piperazine rings is 1. The van der Waals surface area contributed by atoms with Crippen LogP contribution in [0.25, 0.3) is 0 Å². The summed E-state index contributed by atoms with van der Waals surface area (Å²) in [5.74, 6) is 0.561. The standard InChI is InChI=1S/C20H24FN5O/c21-16-4-6-17(7-5-16)24-12-14-25(15-13-24)19-9-8-18(22-23-19)20(27)26-10-2-1-3-11-26/h4-9H,1-3,10-15H2. The number of benzene rings is 1. The maximum Gasteiger partial charge on any atom is 0.274 e. The smallest absolute Gasteiger partial charge is 0.274 e. The van der Waals surface area contributed by atoms with Crippen molar-refractivity contribution in [2.75, 3.05) is 49.1 Å². The summed E-state index contributed by atoms with van der Waals surface area (Å²) in [6.07, 6.45) is 3.32. The van der Waals surface area contributed by atoms with E-state index in [0.717, 1.165) is 63.6 Å². The Kier molecular flexibility index (Phi) is 5.18. The number of anilines is 2. The molecular formula is C20H24FN5O. The first kappa shape index (κ1) is 17.7. The summed E-state index contributed by atoms with van der Waals surface area (Å²) >= 11 is 0. The van der Waals surface area contributed by atoms with Crippen molar-refractivity contribution in [1.82, 2.24) is 15.1 Å². The summed E-state index contributed by atoms with van der Waals surface area (Å²) in [4.78, 5) is 18.8. The Morgan fingerprint density at radius 1 is 0.778 bits per heavy atom. The molecule has 7 heteroatoms. The number of amides is 1. The SMILES string of the molecule is O=C(c1ccc(N2CCN(c3ccc(F)cc3)CC2)nn1)N1CCCCC1. The Balaban J connectivity index is 1.36. The number of halogens is 1. The minimum atomic E-state index is -0.216. The van der Waals surface area contributed by atoms with Crippen LogP contribution in [0, 0.1) is 5.82 Å². The molecule has 0 aliphatic carbocycles. The maximum absolute atomic E-state index is 13.1. The fourth-order valence-electron chi connectivity index (χ4n) is 3.71. The van der Waals surface area contributed by atoms with E-state index in [1.807, 2.05) is 23.1 Å². The van der Waals surface area contributed by atoms with Gasteiger partial charge in [-0.15, -0.1) is 10.2 Å². The summed E-state index contributed by atoms with van der Waals surface area (Å²) in [6.45, 7) is 4.92. The Morgan fingerprint density at radius 2 is 1.44 bits per heavy atom. The lowest BCUT2D eigenvalue weighted by Crippen LogP contribution is -2.47. The number of aromatic nitrogens is 2. The van der Waals surface area contributed by atoms with Gasteiger partial charge in [0.25, 0.3) is 5.91 Å². The molecule has 4 rings (SSSR count). The third-order valence-corrected chi connectivity index (χ3v) is 5.31. The van der Waals surface area contributed by atoms with E-state index in [-0.39, 0.29) is 11.7 Å². The molecule has 3 heterocycles. The van der Waals surface area contributed by atoms with Gasteiger partial charge in [-0.25, -0.2) is 4.39 Å². The number of rotatable bonds is 3. The predicted molar refractivity (Wildman–Crippen MR) is 103 cm³/mol. The van der Waals surface area contributed by atoms with Crippen LogP contribution < -0.4 is 9.80 Å². The Morgan fingerprint density at radius 3 is 2.07 bits per heavy atom. The summed E-state index contributed by atoms with van der Waals surface area (Å²) in [7, 11) is 0. The van der Waals surface area contributed by atoms with Crippen molar-refractivity contribution in [1.29, 1.82) is 0 Å². The van der Waals surface area contributed by atoms with Gasteiger partial charge in [-0.1, -0.05) is 0 Å². The normalized spacial score (nSPS) is 17.9. The minimum Gasteiger partial charge on any atom is -0.368 e. The van der Waals surface area contributed by atoms with E-state index in [4.69, 9.17) is 0 Å². The molecule has 0 saturated carbocycles. The fourth-order valence-corrected chi connectivity index (χ4v) is 3.71. The molecule has 1 amide bonds. The highest BCUT2D eigenvalue weighted by Gasteiger charge is 2.22. The van der Waals surface area contributed by atoms with Crippen LogP contribution in [0.15, 0.2) is 36.4 Å². The average Bonchev–Trinajstić information content (AvgIpc) is 2.75. The molecule has 1 aromatic heterocycles. The van der Waals surface area contributed by atoms with Crippen molar-refractivity contribution in [2.45, 2.75) is 19.3 Å². The Bertz CT molecular complexity index is 766. The van der Waals surface area contributed by atoms with E-state index in [1.54, 1.807) is 6.07 Å². The van der Waals surface area contributed by atoms with Crippen molar-refractivity contribution in [3.05, 3.63) is 47.9 Å². The first-order chi connectivity index (χ1) is 13.2. The lowest BCUT2D eigenvalue weighted by Gasteiger charge is -2.36. The van der Waals surface area contributed by atoms with Crippen LogP contribution in [0.5, 0.6) is 0 Å². The van der Waals surface area contributed by atoms with Crippen molar-refractivity contribution >= 4 is 17.4 Å². The molecule has 2 aromatic rings. The van der Waals surface area contributed by atoms with E-state index in [2.05, 4.69) is 20.0 Å². The van der Waals surface area contributed by atoms with Crippen LogP contribution in [-0.4, -0.2) is 60.3 Å². The van der Waals surface area contributed by atoms with Gasteiger partial charge in [-0.3, -0.25) is 4.79 Å². The lowest BCUT2D eigenvalue weighted by atomic mass is 10.1. The van der Waals surface area contributed by atoms with Crippen molar-refractivity contribution in [3.8, 4) is 0 Å². The summed E-state index contributed by atoms with van der Waals surface area (Å²) in [5, 5.41) is 8.47. The number of nitrogens with zero attached hydrogens (tertiary/aromatic N) is 5. The number of hydrogen-bond acceptors (Lipinski definition) is 5. The molecule has 0 radical (unpaired) electrons. The van der Waals surface area contributed by atoms with E-state index in [0.29, 0.717) is 5.69 Å². The minimum absolute atomic E-state index is 0.0186. The maximum atomic E-state index is 13.1. The molecule has 142 valence electrons. The second-order valence-corrected chi connectivity index (χ2v) is 7.08. The van der Waals surface area contributed by atoms with Crippen LogP contribution in [-0.2, 0) is 0 Å². The van der Waals surface area contributed by atoms with Gasteiger partial charge in [-0.2, -0.15) is 0 Å². The van der Waals surface area contributed by atoms with Crippen molar-refractivity contribution in [3.63, 3.8) is 0 Å². The number of likely N-dealkylation sites (tertiary alicyclic amines) is 1. The molecule has 6 nitrogen and oxygen atoms in total. The molecule has 0 spiro atoms. The van der Waals surface area contributed by atoms with Crippen molar-refractivity contribution in [2.24, 2.45) is 0 Å². The van der Waals surface area contributed by atoms with Crippen LogP contribution in [0.4, 0.5) is 15.9 Å². The predicted octanol–water partition coefficient (Wildman–Crippen LogP) is 2.57. The van der Waals surface area contributed by atoms with Gasteiger partial charge in [0.05, 0.1) is 0 Å². The fraction of sp³-hybridized carbons (Fsp3) is 0.450. The van der Waals surface area contributed by atoms with Gasteiger partial charge in [0, 0.05) is 45.0 Å². The van der Waals surface area contributed by atoms with E-state index in [1.165, 1.54) is 18.6 Å². The first-order valence-corrected chi connectivity index (χ1v) is 9.59. The van der Waals surface area contributed by atoms with Crippen LogP contribution >= 0.6 is 0 Å². The number of carbonyl (C=O) groups excluding carboxylic acids is 1. The zero-order chi connectivity index (χ0) is 18.6. The molecule has 1 aromatic carbocycles. The van der Waals surface area contributed by atoms with Gasteiger partial charge in [-0.05, 0) is 55.7 Å². The lowest BCUT2D eigenvalue weighted by molar-refractivity contribution is 0.0717. The summed E-state index contributed by atoms with van der Waals surface area (Å²) in [5.41, 5.74) is 1.45. The highest BCUT2D eigenvalue weighted by molar-refractivity contribution is 5.92. The van der Waals surface area contributed by atoms with Crippen molar-refractivity contribution < 1.29 is 9.18 Å². The summed E-state index contributed by atoms with van der Waals surface area (Å²) in [6, 6.07) is 10.3. The Labute approximate surface area is 158 Å². The zero-order valence-corrected chi connectivity index (χ0v) is 15.4. The van der Waals surface area contributed by atoms with Gasteiger partial charge >= 0.3 is 0 Å².